The fourth-order valence-corrected chi connectivity index (χ4v) is 3.38. The van der Waals surface area contributed by atoms with Crippen LogP contribution in [0.2, 0.25) is 0 Å². The monoisotopic (exact) mass is 460 g/mol. The lowest BCUT2D eigenvalue weighted by Crippen LogP contribution is -2.45. The number of aliphatic carboxylic acids is 2. The molecule has 8 nitrogen and oxygen atoms in total. The molecule has 1 aromatic rings. The average Bonchev–Trinajstić information content (AvgIpc) is 2.61. The number of halogens is 1. The molecule has 2 N–H and O–H groups in total. The zero-order valence-corrected chi connectivity index (χ0v) is 18.2. The molecule has 0 bridgehead atoms. The predicted octanol–water partition coefficient (Wildman–Crippen LogP) is 1.86. The van der Waals surface area contributed by atoms with E-state index in [1.807, 2.05) is 0 Å². The Morgan fingerprint density at radius 1 is 1.00 bits per heavy atom. The van der Waals surface area contributed by atoms with E-state index in [0.29, 0.717) is 13.2 Å². The van der Waals surface area contributed by atoms with Crippen LogP contribution in [0.1, 0.15) is 11.1 Å². The van der Waals surface area contributed by atoms with Crippen LogP contribution < -0.4 is 4.74 Å². The molecule has 1 aromatic carbocycles. The zero-order valence-electron chi connectivity index (χ0n) is 16.6. The molecular formula is C19H29BrN2O6. The van der Waals surface area contributed by atoms with Crippen LogP contribution in [0.3, 0.4) is 0 Å². The van der Waals surface area contributed by atoms with Crippen molar-refractivity contribution in [2.24, 2.45) is 0 Å². The van der Waals surface area contributed by atoms with E-state index < -0.39 is 11.9 Å². The topological polar surface area (TPSA) is 99.5 Å². The summed E-state index contributed by atoms with van der Waals surface area (Å²) in [5, 5.41) is 14.8. The second kappa shape index (κ2) is 12.7. The van der Waals surface area contributed by atoms with Gasteiger partial charge in [-0.05, 0) is 44.2 Å². The van der Waals surface area contributed by atoms with E-state index in [1.165, 1.54) is 0 Å². The van der Waals surface area contributed by atoms with Crippen LogP contribution in [0.5, 0.6) is 5.75 Å². The van der Waals surface area contributed by atoms with Gasteiger partial charge in [0.05, 0.1) is 13.2 Å². The predicted molar refractivity (Wildman–Crippen MR) is 109 cm³/mol. The van der Waals surface area contributed by atoms with Gasteiger partial charge in [0, 0.05) is 37.2 Å². The van der Waals surface area contributed by atoms with Crippen molar-refractivity contribution in [1.29, 1.82) is 0 Å². The van der Waals surface area contributed by atoms with Crippen molar-refractivity contribution in [2.75, 3.05) is 59.6 Å². The minimum absolute atomic E-state index is 0.603. The van der Waals surface area contributed by atoms with Crippen molar-refractivity contribution in [2.45, 2.75) is 13.8 Å². The molecule has 1 fully saturated rings. The highest BCUT2D eigenvalue weighted by Gasteiger charge is 2.12. The summed E-state index contributed by atoms with van der Waals surface area (Å²) in [6, 6.07) is 4.16. The minimum Gasteiger partial charge on any atom is -0.491 e. The third-order valence-electron chi connectivity index (χ3n) is 4.23. The standard InChI is InChI=1S/C17H27BrN2O2.C2H2O4/c1-14-12-16(18)13-15(2)17(14)22-11-10-21-9-8-20-6-4-19(3)5-7-20;3-1(4)2(5)6/h12-13H,4-11H2,1-3H3;(H,3,4)(H,5,6). The van der Waals surface area contributed by atoms with Gasteiger partial charge in [0.1, 0.15) is 12.4 Å². The van der Waals surface area contributed by atoms with E-state index in [-0.39, 0.29) is 0 Å². The first-order valence-corrected chi connectivity index (χ1v) is 9.84. The van der Waals surface area contributed by atoms with Gasteiger partial charge in [-0.3, -0.25) is 4.90 Å². The van der Waals surface area contributed by atoms with Gasteiger partial charge >= 0.3 is 11.9 Å². The summed E-state index contributed by atoms with van der Waals surface area (Å²) < 4.78 is 12.7. The lowest BCUT2D eigenvalue weighted by atomic mass is 10.1. The van der Waals surface area contributed by atoms with Gasteiger partial charge in [0.25, 0.3) is 0 Å². The van der Waals surface area contributed by atoms with Crippen molar-refractivity contribution >= 4 is 27.9 Å². The number of likely N-dealkylation sites (N-methyl/N-ethyl adjacent to an activating group) is 1. The van der Waals surface area contributed by atoms with E-state index in [9.17, 15) is 0 Å². The molecule has 0 aromatic heterocycles. The average molecular weight is 461 g/mol. The first-order valence-electron chi connectivity index (χ1n) is 9.05. The number of hydrogen-bond donors (Lipinski definition) is 2. The maximum absolute atomic E-state index is 9.10. The summed E-state index contributed by atoms with van der Waals surface area (Å²) in [5.74, 6) is -2.67. The maximum atomic E-state index is 9.10. The number of nitrogens with zero attached hydrogens (tertiary/aromatic N) is 2. The van der Waals surface area contributed by atoms with Crippen molar-refractivity contribution in [3.63, 3.8) is 0 Å². The van der Waals surface area contributed by atoms with Crippen molar-refractivity contribution in [3.8, 4) is 5.75 Å². The fraction of sp³-hybridized carbons (Fsp3) is 0.579. The molecule has 0 radical (unpaired) electrons. The Bertz CT molecular complexity index is 612. The lowest BCUT2D eigenvalue weighted by molar-refractivity contribution is -0.159. The largest absolute Gasteiger partial charge is 0.491 e. The van der Waals surface area contributed by atoms with Gasteiger partial charge in [-0.15, -0.1) is 0 Å². The SMILES string of the molecule is Cc1cc(Br)cc(C)c1OCCOCCN1CCN(C)CC1.O=C(O)C(=O)O. The van der Waals surface area contributed by atoms with Gasteiger partial charge in [0.2, 0.25) is 0 Å². The molecular weight excluding hydrogens is 432 g/mol. The highest BCUT2D eigenvalue weighted by atomic mass is 79.9. The number of hydrogen-bond acceptors (Lipinski definition) is 6. The van der Waals surface area contributed by atoms with Crippen LogP contribution in [0.15, 0.2) is 16.6 Å². The van der Waals surface area contributed by atoms with E-state index in [4.69, 9.17) is 29.3 Å². The smallest absolute Gasteiger partial charge is 0.414 e. The fourth-order valence-electron chi connectivity index (χ4n) is 2.69. The Kier molecular flexibility index (Phi) is 11.1. The summed E-state index contributed by atoms with van der Waals surface area (Å²) in [7, 11) is 2.18. The second-order valence-electron chi connectivity index (χ2n) is 6.58. The molecule has 158 valence electrons. The van der Waals surface area contributed by atoms with Gasteiger partial charge in [0.15, 0.2) is 0 Å². The van der Waals surface area contributed by atoms with E-state index in [2.05, 4.69) is 58.8 Å². The van der Waals surface area contributed by atoms with Crippen LogP contribution in [-0.4, -0.2) is 91.5 Å². The Hall–Kier alpha value is -1.68. The van der Waals surface area contributed by atoms with Crippen LogP contribution in [0.25, 0.3) is 0 Å². The van der Waals surface area contributed by atoms with E-state index >= 15 is 0 Å². The van der Waals surface area contributed by atoms with Gasteiger partial charge < -0.3 is 24.6 Å². The van der Waals surface area contributed by atoms with E-state index in [1.54, 1.807) is 0 Å². The highest BCUT2D eigenvalue weighted by Crippen LogP contribution is 2.27. The molecule has 28 heavy (non-hydrogen) atoms. The molecule has 0 amide bonds. The first-order chi connectivity index (χ1) is 13.2. The molecule has 9 heteroatoms. The third-order valence-corrected chi connectivity index (χ3v) is 4.69. The van der Waals surface area contributed by atoms with E-state index in [0.717, 1.165) is 60.7 Å². The Morgan fingerprint density at radius 2 is 1.54 bits per heavy atom. The molecule has 1 saturated heterocycles. The molecule has 0 atom stereocenters. The molecule has 0 aliphatic carbocycles. The summed E-state index contributed by atoms with van der Waals surface area (Å²) in [6.07, 6.45) is 0. The molecule has 0 saturated carbocycles. The number of carboxylic acid groups (broad SMARTS) is 2. The molecule has 0 spiro atoms. The summed E-state index contributed by atoms with van der Waals surface area (Å²) >= 11 is 3.50. The Morgan fingerprint density at radius 3 is 2.04 bits per heavy atom. The molecule has 1 aliphatic heterocycles. The lowest BCUT2D eigenvalue weighted by Gasteiger charge is -2.32. The van der Waals surface area contributed by atoms with Crippen molar-refractivity contribution < 1.29 is 29.3 Å². The van der Waals surface area contributed by atoms with Crippen molar-refractivity contribution in [3.05, 3.63) is 27.7 Å². The summed E-state index contributed by atoms with van der Waals surface area (Å²) in [4.78, 5) is 23.0. The normalized spacial score (nSPS) is 14.9. The number of ether oxygens (including phenoxy) is 2. The maximum Gasteiger partial charge on any atom is 0.414 e. The Labute approximate surface area is 174 Å². The Balaban J connectivity index is 0.000000568. The third kappa shape index (κ3) is 9.50. The molecule has 1 aliphatic rings. The van der Waals surface area contributed by atoms with Crippen molar-refractivity contribution in [1.82, 2.24) is 9.80 Å². The quantitative estimate of drug-likeness (QED) is 0.469. The number of rotatable bonds is 7. The van der Waals surface area contributed by atoms with Gasteiger partial charge in [-0.2, -0.15) is 0 Å². The minimum atomic E-state index is -1.82. The van der Waals surface area contributed by atoms with Gasteiger partial charge in [-0.25, -0.2) is 9.59 Å². The summed E-state index contributed by atoms with van der Waals surface area (Å²) in [5.41, 5.74) is 2.31. The van der Waals surface area contributed by atoms with Crippen LogP contribution in [0.4, 0.5) is 0 Å². The second-order valence-corrected chi connectivity index (χ2v) is 7.50. The first kappa shape index (κ1) is 24.4. The molecule has 2 rings (SSSR count). The number of benzene rings is 1. The number of aryl methyl sites for hydroxylation is 2. The van der Waals surface area contributed by atoms with Crippen LogP contribution >= 0.6 is 15.9 Å². The summed E-state index contributed by atoms with van der Waals surface area (Å²) in [6.45, 7) is 11.8. The number of piperazine rings is 1. The zero-order chi connectivity index (χ0) is 21.1. The molecule has 0 unspecified atom stereocenters. The number of carboxylic acids is 2. The van der Waals surface area contributed by atoms with Crippen LogP contribution in [-0.2, 0) is 14.3 Å². The molecule has 1 heterocycles. The van der Waals surface area contributed by atoms with Gasteiger partial charge in [-0.1, -0.05) is 15.9 Å². The number of carbonyl (C=O) groups is 2. The van der Waals surface area contributed by atoms with Crippen LogP contribution in [0, 0.1) is 13.8 Å². The highest BCUT2D eigenvalue weighted by molar-refractivity contribution is 9.10.